The minimum Gasteiger partial charge on any atom is -0.409 e. The van der Waals surface area contributed by atoms with Gasteiger partial charge < -0.3 is 10.5 Å². The Balaban J connectivity index is 1.67. The van der Waals surface area contributed by atoms with Crippen LogP contribution in [0.1, 0.15) is 58.8 Å². The van der Waals surface area contributed by atoms with Gasteiger partial charge in [0, 0.05) is 17.5 Å². The monoisotopic (exact) mass is 287 g/mol. The topological polar surface area (TPSA) is 44.6 Å². The molecule has 0 unspecified atom stereocenters. The van der Waals surface area contributed by atoms with Gasteiger partial charge in [0.2, 0.25) is 0 Å². The summed E-state index contributed by atoms with van der Waals surface area (Å²) in [6.07, 6.45) is 13.7. The highest BCUT2D eigenvalue weighted by atomic mass is 16.4. The Labute approximate surface area is 127 Å². The number of nitrogens with zero attached hydrogens (tertiary/aromatic N) is 1. The number of hydrogen-bond donors (Lipinski definition) is 2. The van der Waals surface area contributed by atoms with E-state index in [9.17, 15) is 0 Å². The number of rotatable bonds is 0. The summed E-state index contributed by atoms with van der Waals surface area (Å²) < 4.78 is 0. The van der Waals surface area contributed by atoms with E-state index in [4.69, 9.17) is 5.21 Å². The van der Waals surface area contributed by atoms with Gasteiger partial charge in [-0.25, -0.2) is 0 Å². The average Bonchev–Trinajstić information content (AvgIpc) is 2.88. The van der Waals surface area contributed by atoms with Crippen molar-refractivity contribution in [3.63, 3.8) is 0 Å². The summed E-state index contributed by atoms with van der Waals surface area (Å²) >= 11 is 0. The van der Waals surface area contributed by atoms with Crippen LogP contribution in [-0.4, -0.2) is 11.0 Å². The highest BCUT2D eigenvalue weighted by Crippen LogP contribution is 2.63. The molecule has 3 heteroatoms. The molecule has 1 saturated heterocycles. The van der Waals surface area contributed by atoms with Crippen LogP contribution in [0.5, 0.6) is 0 Å². The molecule has 0 bridgehead atoms. The second kappa shape index (κ2) is 4.50. The highest BCUT2D eigenvalue weighted by molar-refractivity contribution is 5.84. The van der Waals surface area contributed by atoms with E-state index in [0.717, 1.165) is 36.4 Å². The second-order valence-electron chi connectivity index (χ2n) is 8.15. The Morgan fingerprint density at radius 2 is 2.10 bits per heavy atom. The van der Waals surface area contributed by atoms with Gasteiger partial charge in [0.1, 0.15) is 5.84 Å². The zero-order chi connectivity index (χ0) is 14.7. The van der Waals surface area contributed by atoms with E-state index >= 15 is 0 Å². The number of amidine groups is 1. The molecule has 21 heavy (non-hydrogen) atoms. The molecule has 1 heterocycles. The number of allylic oxidation sites excluding steroid dienone is 2. The molecule has 2 N–H and O–H groups in total. The average molecular weight is 287 g/mol. The summed E-state index contributed by atoms with van der Waals surface area (Å²) in [6, 6.07) is 0. The van der Waals surface area contributed by atoms with E-state index in [1.54, 1.807) is 0 Å². The van der Waals surface area contributed by atoms with E-state index in [1.165, 1.54) is 37.8 Å². The summed E-state index contributed by atoms with van der Waals surface area (Å²) in [5.74, 6) is 3.28. The lowest BCUT2D eigenvalue weighted by molar-refractivity contribution is -0.0113. The maximum absolute atomic E-state index is 9.05. The van der Waals surface area contributed by atoms with Crippen molar-refractivity contribution in [1.29, 1.82) is 0 Å². The van der Waals surface area contributed by atoms with Gasteiger partial charge in [-0.2, -0.15) is 0 Å². The van der Waals surface area contributed by atoms with E-state index < -0.39 is 0 Å². The first-order chi connectivity index (χ1) is 10.1. The highest BCUT2D eigenvalue weighted by Gasteiger charge is 2.55. The van der Waals surface area contributed by atoms with E-state index in [0.29, 0.717) is 5.41 Å². The van der Waals surface area contributed by atoms with Gasteiger partial charge in [-0.05, 0) is 68.1 Å². The van der Waals surface area contributed by atoms with Gasteiger partial charge in [0.25, 0.3) is 0 Å². The van der Waals surface area contributed by atoms with Crippen molar-refractivity contribution in [3.05, 3.63) is 18.2 Å². The van der Waals surface area contributed by atoms with Gasteiger partial charge >= 0.3 is 0 Å². The lowest BCUT2D eigenvalue weighted by Crippen LogP contribution is -2.52. The molecule has 0 amide bonds. The molecule has 3 aliphatic carbocycles. The fourth-order valence-corrected chi connectivity index (χ4v) is 6.02. The first-order valence-electron chi connectivity index (χ1n) is 8.60. The molecule has 2 saturated carbocycles. The largest absolute Gasteiger partial charge is 0.409 e. The first-order valence-corrected chi connectivity index (χ1v) is 8.60. The number of piperidine rings is 1. The second-order valence-corrected chi connectivity index (χ2v) is 8.15. The van der Waals surface area contributed by atoms with Crippen LogP contribution in [0.25, 0.3) is 0 Å². The van der Waals surface area contributed by atoms with E-state index in [-0.39, 0.29) is 5.41 Å². The predicted octanol–water partition coefficient (Wildman–Crippen LogP) is 4.10. The van der Waals surface area contributed by atoms with Gasteiger partial charge in [-0.3, -0.25) is 0 Å². The first kappa shape index (κ1) is 13.7. The summed E-state index contributed by atoms with van der Waals surface area (Å²) in [5, 5.41) is 15.8. The maximum Gasteiger partial charge on any atom is 0.145 e. The molecule has 0 aromatic rings. The Morgan fingerprint density at radius 1 is 1.24 bits per heavy atom. The van der Waals surface area contributed by atoms with Crippen LogP contribution in [-0.2, 0) is 0 Å². The molecule has 3 nitrogen and oxygen atoms in total. The van der Waals surface area contributed by atoms with Crippen LogP contribution in [0.4, 0.5) is 0 Å². The van der Waals surface area contributed by atoms with Crippen LogP contribution in [0.2, 0.25) is 0 Å². The summed E-state index contributed by atoms with van der Waals surface area (Å²) in [4.78, 5) is 0. The minimum atomic E-state index is 0.265. The van der Waals surface area contributed by atoms with Crippen molar-refractivity contribution in [1.82, 2.24) is 5.32 Å². The summed E-state index contributed by atoms with van der Waals surface area (Å²) in [7, 11) is 0. The standard InChI is InChI=1S/C18H27N2O/c1-17-9-3-4-13(17)12-5-6-15-18(2,14(12)7-10-17)11-8-16(19-15)20-21/h6,9,12-14,21H,3-5,7-8,10-11H2,1-2H3,(H,19,20)/t12-,13-,14-,17-,18+/m0/s1. The summed E-state index contributed by atoms with van der Waals surface area (Å²) in [6.45, 7) is 4.94. The third-order valence-electron chi connectivity index (χ3n) is 7.27. The Hall–Kier alpha value is -0.990. The van der Waals surface area contributed by atoms with Crippen molar-refractivity contribution in [2.75, 3.05) is 0 Å². The van der Waals surface area contributed by atoms with Gasteiger partial charge in [0.05, 0.1) is 0 Å². The fraction of sp³-hybridized carbons (Fsp3) is 0.778. The SMILES string of the molecule is C[C@@]12[CH]CC[C@H]1[C@@H]1CC=C3NC(=NO)CC[C@]3(C)[C@H]1CC2. The molecule has 4 rings (SSSR count). The smallest absolute Gasteiger partial charge is 0.145 e. The fourth-order valence-electron chi connectivity index (χ4n) is 6.02. The molecule has 0 spiro atoms. The van der Waals surface area contributed by atoms with Crippen molar-refractivity contribution in [2.24, 2.45) is 33.7 Å². The van der Waals surface area contributed by atoms with Crippen molar-refractivity contribution in [3.8, 4) is 0 Å². The molecule has 3 fully saturated rings. The molecular weight excluding hydrogens is 260 g/mol. The van der Waals surface area contributed by atoms with Gasteiger partial charge in [0.15, 0.2) is 0 Å². The maximum atomic E-state index is 9.05. The van der Waals surface area contributed by atoms with E-state index in [1.807, 2.05) is 0 Å². The number of nitrogens with one attached hydrogen (secondary N) is 1. The molecule has 0 aromatic heterocycles. The van der Waals surface area contributed by atoms with E-state index in [2.05, 4.69) is 36.8 Å². The lowest BCUT2D eigenvalue weighted by atomic mass is 9.50. The Kier molecular flexibility index (Phi) is 2.93. The van der Waals surface area contributed by atoms with Crippen molar-refractivity contribution >= 4 is 5.84 Å². The van der Waals surface area contributed by atoms with Crippen LogP contribution in [0.15, 0.2) is 16.9 Å². The zero-order valence-electron chi connectivity index (χ0n) is 13.2. The Bertz CT molecular complexity index is 511. The number of oxime groups is 1. The van der Waals surface area contributed by atoms with Crippen molar-refractivity contribution in [2.45, 2.75) is 58.8 Å². The lowest BCUT2D eigenvalue weighted by Gasteiger charge is -2.56. The number of hydrogen-bond acceptors (Lipinski definition) is 2. The third-order valence-corrected chi connectivity index (χ3v) is 7.27. The zero-order valence-corrected chi connectivity index (χ0v) is 13.2. The predicted molar refractivity (Wildman–Crippen MR) is 83.7 cm³/mol. The van der Waals surface area contributed by atoms with Crippen LogP contribution in [0.3, 0.4) is 0 Å². The molecule has 4 aliphatic rings. The molecule has 1 aliphatic heterocycles. The normalized spacial score (nSPS) is 50.7. The quantitative estimate of drug-likeness (QED) is 0.520. The Morgan fingerprint density at radius 3 is 2.90 bits per heavy atom. The molecule has 5 atom stereocenters. The van der Waals surface area contributed by atoms with Gasteiger partial charge in [-0.1, -0.05) is 25.1 Å². The minimum absolute atomic E-state index is 0.265. The molecule has 0 aromatic carbocycles. The molecule has 115 valence electrons. The third kappa shape index (κ3) is 1.82. The van der Waals surface area contributed by atoms with Gasteiger partial charge in [-0.15, -0.1) is 0 Å². The molecular formula is C18H27N2O. The number of fused-ring (bicyclic) bond motifs is 5. The van der Waals surface area contributed by atoms with Crippen LogP contribution in [0, 0.1) is 35.0 Å². The van der Waals surface area contributed by atoms with Crippen molar-refractivity contribution < 1.29 is 5.21 Å². The van der Waals surface area contributed by atoms with Crippen LogP contribution >= 0.6 is 0 Å². The van der Waals surface area contributed by atoms with Crippen LogP contribution < -0.4 is 5.32 Å². The molecule has 1 radical (unpaired) electrons. The summed E-state index contributed by atoms with van der Waals surface area (Å²) in [5.41, 5.74) is 2.09.